The third-order valence-electron chi connectivity index (χ3n) is 7.00. The largest absolute Gasteiger partial charge is 0.465 e. The maximum Gasteiger partial charge on any atom is 0.320 e. The first-order valence-electron chi connectivity index (χ1n) is 12.5. The summed E-state index contributed by atoms with van der Waals surface area (Å²) in [5.74, 6) is 2.35. The number of halogens is 2. The molecule has 0 spiro atoms. The van der Waals surface area contributed by atoms with E-state index in [1.165, 1.54) is 6.42 Å². The van der Waals surface area contributed by atoms with Gasteiger partial charge in [0.25, 0.3) is 0 Å². The van der Waals surface area contributed by atoms with Crippen LogP contribution in [0.2, 0.25) is 10.0 Å². The van der Waals surface area contributed by atoms with Gasteiger partial charge in [0.1, 0.15) is 11.5 Å². The van der Waals surface area contributed by atoms with Crippen LogP contribution in [-0.4, -0.2) is 65.9 Å². The second-order valence-electron chi connectivity index (χ2n) is 9.69. The van der Waals surface area contributed by atoms with Gasteiger partial charge in [0, 0.05) is 29.7 Å². The molecule has 2 saturated heterocycles. The first-order valence-corrected chi connectivity index (χ1v) is 13.3. The molecule has 1 aromatic carbocycles. The molecule has 2 aliphatic rings. The summed E-state index contributed by atoms with van der Waals surface area (Å²) in [6, 6.07) is 5.28. The number of aromatic nitrogens is 2. The number of esters is 1. The van der Waals surface area contributed by atoms with Crippen molar-refractivity contribution in [2.75, 3.05) is 49.5 Å². The normalized spacial score (nSPS) is 19.5. The molecule has 0 radical (unpaired) electrons. The Labute approximate surface area is 222 Å². The van der Waals surface area contributed by atoms with E-state index in [0.29, 0.717) is 52.3 Å². The van der Waals surface area contributed by atoms with Crippen molar-refractivity contribution < 1.29 is 9.53 Å². The molecule has 2 aromatic rings. The predicted molar refractivity (Wildman–Crippen MR) is 145 cm³/mol. The number of nitrogens with zero attached hydrogens (tertiary/aromatic N) is 4. The van der Waals surface area contributed by atoms with Gasteiger partial charge in [-0.05, 0) is 69.7 Å². The van der Waals surface area contributed by atoms with E-state index in [-0.39, 0.29) is 12.0 Å². The Balaban J connectivity index is 1.41. The van der Waals surface area contributed by atoms with E-state index in [4.69, 9.17) is 38.3 Å². The lowest BCUT2D eigenvalue weighted by Gasteiger charge is -2.47. The van der Waals surface area contributed by atoms with Gasteiger partial charge in [0.15, 0.2) is 5.82 Å². The van der Waals surface area contributed by atoms with E-state index >= 15 is 0 Å². The van der Waals surface area contributed by atoms with Crippen LogP contribution >= 0.6 is 23.2 Å². The summed E-state index contributed by atoms with van der Waals surface area (Å²) in [6.07, 6.45) is 4.04. The monoisotopic (exact) mass is 532 g/mol. The zero-order valence-electron chi connectivity index (χ0n) is 21.1. The lowest BCUT2D eigenvalue weighted by molar-refractivity contribution is -0.145. The fourth-order valence-corrected chi connectivity index (χ4v) is 5.62. The van der Waals surface area contributed by atoms with Gasteiger partial charge in [0.05, 0.1) is 31.1 Å². The van der Waals surface area contributed by atoms with Gasteiger partial charge in [-0.25, -0.2) is 9.97 Å². The van der Waals surface area contributed by atoms with E-state index in [1.54, 1.807) is 19.2 Å². The lowest BCUT2D eigenvalue weighted by atomic mass is 9.80. The van der Waals surface area contributed by atoms with E-state index in [2.05, 4.69) is 20.1 Å². The van der Waals surface area contributed by atoms with Gasteiger partial charge >= 0.3 is 5.97 Å². The summed E-state index contributed by atoms with van der Waals surface area (Å²) >= 11 is 12.5. The van der Waals surface area contributed by atoms with Crippen molar-refractivity contribution in [1.29, 1.82) is 5.41 Å². The second-order valence-corrected chi connectivity index (χ2v) is 10.5. The quantitative estimate of drug-likeness (QED) is 0.344. The van der Waals surface area contributed by atoms with Crippen LogP contribution in [0.15, 0.2) is 24.4 Å². The average molecular weight is 534 g/mol. The highest BCUT2D eigenvalue weighted by molar-refractivity contribution is 6.35. The Morgan fingerprint density at radius 2 is 2.06 bits per heavy atom. The number of rotatable bonds is 9. The van der Waals surface area contributed by atoms with Crippen LogP contribution in [0, 0.1) is 17.2 Å². The average Bonchev–Trinajstić information content (AvgIpc) is 2.78. The van der Waals surface area contributed by atoms with Crippen LogP contribution in [0.4, 0.5) is 11.6 Å². The Morgan fingerprint density at radius 3 is 2.75 bits per heavy atom. The molecule has 0 aliphatic carbocycles. The zero-order chi connectivity index (χ0) is 25.8. The van der Waals surface area contributed by atoms with Crippen LogP contribution in [-0.2, 0) is 9.53 Å². The summed E-state index contributed by atoms with van der Waals surface area (Å²) in [5, 5.41) is 12.7. The second kappa shape index (κ2) is 11.8. The topological polar surface area (TPSA) is 94.4 Å². The van der Waals surface area contributed by atoms with E-state index in [1.807, 2.05) is 26.0 Å². The molecule has 10 heteroatoms. The van der Waals surface area contributed by atoms with Crippen LogP contribution < -0.4 is 10.2 Å². The number of hydrogen-bond donors (Lipinski definition) is 2. The van der Waals surface area contributed by atoms with Crippen molar-refractivity contribution >= 4 is 46.5 Å². The molecular formula is C26H34Cl2N6O2. The SMILES string of the molecule is CCOC(=O)CN1CCCC(C2CN(c3cnc(C(C)=N)c(NC(C)c4ccc(Cl)cc4Cl)n3)C2)C1. The van der Waals surface area contributed by atoms with Gasteiger partial charge in [0.2, 0.25) is 0 Å². The highest BCUT2D eigenvalue weighted by Crippen LogP contribution is 2.34. The van der Waals surface area contributed by atoms with Crippen LogP contribution in [0.25, 0.3) is 0 Å². The summed E-state index contributed by atoms with van der Waals surface area (Å²) in [4.78, 5) is 25.8. The fourth-order valence-electron chi connectivity index (χ4n) is 5.05. The van der Waals surface area contributed by atoms with Crippen molar-refractivity contribution in [1.82, 2.24) is 14.9 Å². The molecule has 2 unspecified atom stereocenters. The maximum atomic E-state index is 11.9. The molecule has 2 N–H and O–H groups in total. The number of piperidine rings is 1. The van der Waals surface area contributed by atoms with Gasteiger partial charge in [-0.3, -0.25) is 9.69 Å². The highest BCUT2D eigenvalue weighted by atomic mass is 35.5. The Hall–Kier alpha value is -2.42. The number of carbonyl (C=O) groups excluding carboxylic acids is 1. The van der Waals surface area contributed by atoms with Crippen molar-refractivity contribution in [2.45, 2.75) is 39.7 Å². The third-order valence-corrected chi connectivity index (χ3v) is 7.56. The first kappa shape index (κ1) is 26.6. The molecule has 2 fully saturated rings. The van der Waals surface area contributed by atoms with Crippen LogP contribution in [0.5, 0.6) is 0 Å². The Bertz CT molecular complexity index is 1110. The summed E-state index contributed by atoms with van der Waals surface area (Å²) in [6.45, 7) is 10.0. The van der Waals surface area contributed by atoms with E-state index in [9.17, 15) is 4.79 Å². The minimum atomic E-state index is -0.144. The van der Waals surface area contributed by atoms with Crippen molar-refractivity contribution in [3.05, 3.63) is 45.7 Å². The number of ether oxygens (including phenoxy) is 1. The number of anilines is 2. The maximum absolute atomic E-state index is 11.9. The molecular weight excluding hydrogens is 499 g/mol. The third kappa shape index (κ3) is 6.28. The summed E-state index contributed by atoms with van der Waals surface area (Å²) in [7, 11) is 0. The number of carbonyl (C=O) groups is 1. The predicted octanol–water partition coefficient (Wildman–Crippen LogP) is 5.06. The molecule has 0 saturated carbocycles. The fraction of sp³-hybridized carbons (Fsp3) is 0.538. The molecule has 4 rings (SSSR count). The molecule has 2 aliphatic heterocycles. The molecule has 36 heavy (non-hydrogen) atoms. The lowest BCUT2D eigenvalue weighted by Crippen LogP contribution is -2.54. The number of nitrogens with one attached hydrogen (secondary N) is 2. The first-order chi connectivity index (χ1) is 17.2. The molecule has 1 aromatic heterocycles. The van der Waals surface area contributed by atoms with E-state index < -0.39 is 0 Å². The van der Waals surface area contributed by atoms with Crippen molar-refractivity contribution in [3.63, 3.8) is 0 Å². The smallest absolute Gasteiger partial charge is 0.320 e. The van der Waals surface area contributed by atoms with Crippen LogP contribution in [0.3, 0.4) is 0 Å². The Kier molecular flexibility index (Phi) is 8.70. The molecule has 8 nitrogen and oxygen atoms in total. The molecule has 2 atom stereocenters. The summed E-state index contributed by atoms with van der Waals surface area (Å²) < 4.78 is 5.12. The minimum Gasteiger partial charge on any atom is -0.465 e. The van der Waals surface area contributed by atoms with Gasteiger partial charge in [-0.1, -0.05) is 29.3 Å². The van der Waals surface area contributed by atoms with Crippen molar-refractivity contribution in [3.8, 4) is 0 Å². The zero-order valence-corrected chi connectivity index (χ0v) is 22.6. The number of likely N-dealkylation sites (tertiary alicyclic amines) is 1. The summed E-state index contributed by atoms with van der Waals surface area (Å²) in [5.41, 5.74) is 1.77. The van der Waals surface area contributed by atoms with E-state index in [0.717, 1.165) is 44.0 Å². The van der Waals surface area contributed by atoms with Gasteiger partial charge in [-0.15, -0.1) is 0 Å². The van der Waals surface area contributed by atoms with Crippen molar-refractivity contribution in [2.24, 2.45) is 11.8 Å². The highest BCUT2D eigenvalue weighted by Gasteiger charge is 2.37. The van der Waals surface area contributed by atoms with Gasteiger partial charge < -0.3 is 20.4 Å². The van der Waals surface area contributed by atoms with Gasteiger partial charge in [-0.2, -0.15) is 0 Å². The molecule has 0 bridgehead atoms. The Morgan fingerprint density at radius 1 is 1.28 bits per heavy atom. The molecule has 3 heterocycles. The minimum absolute atomic E-state index is 0.139. The van der Waals surface area contributed by atoms with Crippen LogP contribution in [0.1, 0.15) is 50.9 Å². The standard InChI is InChI=1S/C26H34Cl2N6O2/c1-4-36-24(35)15-33-9-5-6-18(12-33)19-13-34(14-19)23-11-30-25(16(2)29)26(32-23)31-17(3)21-8-7-20(27)10-22(21)28/h7-8,10-11,17-19,29H,4-6,9,12-15H2,1-3H3,(H,31,32). The number of benzene rings is 1. The molecule has 0 amide bonds. The molecule has 194 valence electrons. The number of hydrogen-bond acceptors (Lipinski definition) is 8.